The molecule has 0 saturated carbocycles. The number of anilines is 1. The number of nitrogens with zero attached hydrogens (tertiary/aromatic N) is 1. The zero-order valence-corrected chi connectivity index (χ0v) is 13.8. The fourth-order valence-electron chi connectivity index (χ4n) is 2.71. The molecule has 2 amide bonds. The Balaban J connectivity index is 1.75. The van der Waals surface area contributed by atoms with Crippen molar-refractivity contribution >= 4 is 11.7 Å². The maximum Gasteiger partial charge on any atom is 0.319 e. The van der Waals surface area contributed by atoms with Crippen LogP contribution in [0.3, 0.4) is 0 Å². The molecule has 5 nitrogen and oxygen atoms in total. The van der Waals surface area contributed by atoms with Gasteiger partial charge in [0.1, 0.15) is 5.75 Å². The van der Waals surface area contributed by atoms with Crippen LogP contribution in [0, 0.1) is 5.92 Å². The van der Waals surface area contributed by atoms with Gasteiger partial charge in [0.25, 0.3) is 0 Å². The van der Waals surface area contributed by atoms with Crippen LogP contribution in [0.25, 0.3) is 0 Å². The van der Waals surface area contributed by atoms with Crippen molar-refractivity contribution in [3.63, 3.8) is 0 Å². The Kier molecular flexibility index (Phi) is 6.07. The van der Waals surface area contributed by atoms with E-state index in [9.17, 15) is 4.79 Å². The molecule has 122 valence electrons. The SMILES string of the molecule is COc1cccc(NC(=O)NC[C@H](C)N2CCC(C)CC2)c1. The average molecular weight is 305 g/mol. The molecule has 1 heterocycles. The third-order valence-electron chi connectivity index (χ3n) is 4.33. The Bertz CT molecular complexity index is 485. The molecule has 1 fully saturated rings. The van der Waals surface area contributed by atoms with E-state index in [0.29, 0.717) is 12.6 Å². The molecule has 0 radical (unpaired) electrons. The highest BCUT2D eigenvalue weighted by Crippen LogP contribution is 2.18. The van der Waals surface area contributed by atoms with E-state index in [2.05, 4.69) is 29.4 Å². The van der Waals surface area contributed by atoms with Gasteiger partial charge in [-0.3, -0.25) is 4.90 Å². The number of nitrogens with one attached hydrogen (secondary N) is 2. The molecule has 2 rings (SSSR count). The van der Waals surface area contributed by atoms with E-state index >= 15 is 0 Å². The largest absolute Gasteiger partial charge is 0.497 e. The molecular weight excluding hydrogens is 278 g/mol. The van der Waals surface area contributed by atoms with Crippen LogP contribution < -0.4 is 15.4 Å². The van der Waals surface area contributed by atoms with Gasteiger partial charge in [-0.25, -0.2) is 4.79 Å². The van der Waals surface area contributed by atoms with Crippen LogP contribution in [-0.4, -0.2) is 43.7 Å². The topological polar surface area (TPSA) is 53.6 Å². The standard InChI is InChI=1S/C17H27N3O2/c1-13-7-9-20(10-8-13)14(2)12-18-17(21)19-15-5-4-6-16(11-15)22-3/h4-6,11,13-14H,7-10,12H2,1-3H3,(H2,18,19,21)/t14-/m0/s1. The fraction of sp³-hybridized carbons (Fsp3) is 0.588. The smallest absolute Gasteiger partial charge is 0.319 e. The fourth-order valence-corrected chi connectivity index (χ4v) is 2.71. The predicted octanol–water partition coefficient (Wildman–Crippen LogP) is 2.94. The zero-order valence-electron chi connectivity index (χ0n) is 13.8. The summed E-state index contributed by atoms with van der Waals surface area (Å²) in [5, 5.41) is 5.78. The van der Waals surface area contributed by atoms with Gasteiger partial charge in [0.2, 0.25) is 0 Å². The summed E-state index contributed by atoms with van der Waals surface area (Å²) in [6.07, 6.45) is 2.50. The maximum atomic E-state index is 12.0. The number of rotatable bonds is 5. The Morgan fingerprint density at radius 2 is 2.14 bits per heavy atom. The van der Waals surface area contributed by atoms with Gasteiger partial charge in [-0.1, -0.05) is 13.0 Å². The van der Waals surface area contributed by atoms with Crippen LogP contribution >= 0.6 is 0 Å². The molecule has 1 aromatic carbocycles. The number of urea groups is 1. The van der Waals surface area contributed by atoms with Gasteiger partial charge >= 0.3 is 6.03 Å². The molecule has 1 aliphatic rings. The summed E-state index contributed by atoms with van der Waals surface area (Å²) in [6, 6.07) is 7.54. The summed E-state index contributed by atoms with van der Waals surface area (Å²) >= 11 is 0. The van der Waals surface area contributed by atoms with Crippen LogP contribution in [0.4, 0.5) is 10.5 Å². The van der Waals surface area contributed by atoms with Gasteiger partial charge in [-0.2, -0.15) is 0 Å². The van der Waals surface area contributed by atoms with Crippen molar-refractivity contribution in [1.82, 2.24) is 10.2 Å². The summed E-state index contributed by atoms with van der Waals surface area (Å²) < 4.78 is 5.14. The summed E-state index contributed by atoms with van der Waals surface area (Å²) in [4.78, 5) is 14.4. The molecule has 0 bridgehead atoms. The molecule has 22 heavy (non-hydrogen) atoms. The molecule has 1 atom stereocenters. The Morgan fingerprint density at radius 1 is 1.41 bits per heavy atom. The second-order valence-electron chi connectivity index (χ2n) is 6.13. The normalized spacial score (nSPS) is 17.8. The van der Waals surface area contributed by atoms with Gasteiger partial charge in [-0.15, -0.1) is 0 Å². The van der Waals surface area contributed by atoms with Crippen molar-refractivity contribution in [3.8, 4) is 5.75 Å². The Hall–Kier alpha value is -1.75. The van der Waals surface area contributed by atoms with Gasteiger partial charge in [-0.05, 0) is 50.9 Å². The van der Waals surface area contributed by atoms with Crippen molar-refractivity contribution in [2.45, 2.75) is 32.7 Å². The van der Waals surface area contributed by atoms with Crippen molar-refractivity contribution < 1.29 is 9.53 Å². The van der Waals surface area contributed by atoms with E-state index < -0.39 is 0 Å². The number of piperidine rings is 1. The molecule has 1 saturated heterocycles. The van der Waals surface area contributed by atoms with Gasteiger partial charge in [0.15, 0.2) is 0 Å². The summed E-state index contributed by atoms with van der Waals surface area (Å²) in [6.45, 7) is 7.39. The van der Waals surface area contributed by atoms with E-state index in [0.717, 1.165) is 30.4 Å². The lowest BCUT2D eigenvalue weighted by atomic mass is 9.98. The highest BCUT2D eigenvalue weighted by Gasteiger charge is 2.20. The van der Waals surface area contributed by atoms with Crippen LogP contribution in [0.2, 0.25) is 0 Å². The molecule has 0 unspecified atom stereocenters. The second-order valence-corrected chi connectivity index (χ2v) is 6.13. The van der Waals surface area contributed by atoms with Gasteiger partial charge < -0.3 is 15.4 Å². The highest BCUT2D eigenvalue weighted by molar-refractivity contribution is 5.89. The Labute approximate surface area is 133 Å². The van der Waals surface area contributed by atoms with Crippen LogP contribution in [-0.2, 0) is 0 Å². The molecular formula is C17H27N3O2. The molecule has 0 aromatic heterocycles. The monoisotopic (exact) mass is 305 g/mol. The zero-order chi connectivity index (χ0) is 15.9. The quantitative estimate of drug-likeness (QED) is 0.879. The molecule has 1 aromatic rings. The van der Waals surface area contributed by atoms with Crippen LogP contribution in [0.5, 0.6) is 5.75 Å². The number of carbonyl (C=O) groups is 1. The van der Waals surface area contributed by atoms with Crippen molar-refractivity contribution in [2.24, 2.45) is 5.92 Å². The molecule has 5 heteroatoms. The summed E-state index contributed by atoms with van der Waals surface area (Å²) in [5.41, 5.74) is 0.733. The van der Waals surface area contributed by atoms with E-state index in [-0.39, 0.29) is 6.03 Å². The second kappa shape index (κ2) is 8.03. The number of hydrogen-bond donors (Lipinski definition) is 2. The number of carbonyl (C=O) groups excluding carboxylic acids is 1. The minimum Gasteiger partial charge on any atom is -0.497 e. The first-order valence-corrected chi connectivity index (χ1v) is 8.01. The van der Waals surface area contributed by atoms with E-state index in [1.807, 2.05) is 18.2 Å². The van der Waals surface area contributed by atoms with Gasteiger partial charge in [0.05, 0.1) is 7.11 Å². The van der Waals surface area contributed by atoms with Crippen LogP contribution in [0.15, 0.2) is 24.3 Å². The number of likely N-dealkylation sites (tertiary alicyclic amines) is 1. The number of methoxy groups -OCH3 is 1. The minimum absolute atomic E-state index is 0.175. The number of amides is 2. The molecule has 1 aliphatic heterocycles. The first-order chi connectivity index (χ1) is 10.6. The van der Waals surface area contributed by atoms with Crippen LogP contribution in [0.1, 0.15) is 26.7 Å². The molecule has 0 aliphatic carbocycles. The predicted molar refractivity (Wildman–Crippen MR) is 89.4 cm³/mol. The number of hydrogen-bond acceptors (Lipinski definition) is 3. The highest BCUT2D eigenvalue weighted by atomic mass is 16.5. The third-order valence-corrected chi connectivity index (χ3v) is 4.33. The summed E-state index contributed by atoms with van der Waals surface area (Å²) in [7, 11) is 1.61. The van der Waals surface area contributed by atoms with Crippen molar-refractivity contribution in [1.29, 1.82) is 0 Å². The Morgan fingerprint density at radius 3 is 2.82 bits per heavy atom. The lowest BCUT2D eigenvalue weighted by Crippen LogP contribution is -2.46. The third kappa shape index (κ3) is 4.91. The minimum atomic E-state index is -0.175. The maximum absolute atomic E-state index is 12.0. The first-order valence-electron chi connectivity index (χ1n) is 8.01. The van der Waals surface area contributed by atoms with Crippen molar-refractivity contribution in [2.75, 3.05) is 32.1 Å². The van der Waals surface area contributed by atoms with Crippen molar-refractivity contribution in [3.05, 3.63) is 24.3 Å². The van der Waals surface area contributed by atoms with E-state index in [1.165, 1.54) is 12.8 Å². The number of benzene rings is 1. The molecule has 2 N–H and O–H groups in total. The van der Waals surface area contributed by atoms with E-state index in [4.69, 9.17) is 4.74 Å². The lowest BCUT2D eigenvalue weighted by Gasteiger charge is -2.34. The average Bonchev–Trinajstić information content (AvgIpc) is 2.53. The summed E-state index contributed by atoms with van der Waals surface area (Å²) in [5.74, 6) is 1.56. The molecule has 0 spiro atoms. The van der Waals surface area contributed by atoms with E-state index in [1.54, 1.807) is 13.2 Å². The first kappa shape index (κ1) is 16.6. The number of ether oxygens (including phenoxy) is 1. The van der Waals surface area contributed by atoms with Gasteiger partial charge in [0, 0.05) is 24.3 Å². The lowest BCUT2D eigenvalue weighted by molar-refractivity contribution is 0.146.